The SMILES string of the molecule is CN=C(NCc1ccccc1COC)NCc1ccccc1OC.I. The van der Waals surface area contributed by atoms with Crippen molar-refractivity contribution in [3.63, 3.8) is 0 Å². The lowest BCUT2D eigenvalue weighted by molar-refractivity contribution is 0.184. The molecule has 2 rings (SSSR count). The van der Waals surface area contributed by atoms with Gasteiger partial charge in [-0.25, -0.2) is 0 Å². The first-order valence-corrected chi connectivity index (χ1v) is 7.90. The molecule has 6 heteroatoms. The van der Waals surface area contributed by atoms with Gasteiger partial charge in [0.2, 0.25) is 0 Å². The lowest BCUT2D eigenvalue weighted by Gasteiger charge is -2.15. The van der Waals surface area contributed by atoms with Crippen molar-refractivity contribution >= 4 is 29.9 Å². The molecular weight excluding hydrogens is 429 g/mol. The minimum absolute atomic E-state index is 0. The van der Waals surface area contributed by atoms with Gasteiger partial charge in [-0.2, -0.15) is 0 Å². The highest BCUT2D eigenvalue weighted by molar-refractivity contribution is 14.0. The number of para-hydroxylation sites is 1. The first-order valence-electron chi connectivity index (χ1n) is 7.90. The number of nitrogens with zero attached hydrogens (tertiary/aromatic N) is 1. The van der Waals surface area contributed by atoms with Gasteiger partial charge in [0.1, 0.15) is 5.75 Å². The van der Waals surface area contributed by atoms with E-state index in [0.717, 1.165) is 17.3 Å². The Labute approximate surface area is 166 Å². The van der Waals surface area contributed by atoms with Crippen molar-refractivity contribution in [2.45, 2.75) is 19.7 Å². The Kier molecular flexibility index (Phi) is 9.94. The number of ether oxygens (including phenoxy) is 2. The van der Waals surface area contributed by atoms with Crippen LogP contribution in [0.5, 0.6) is 5.75 Å². The predicted octanol–water partition coefficient (Wildman–Crippen LogP) is 3.32. The zero-order chi connectivity index (χ0) is 17.2. The van der Waals surface area contributed by atoms with Crippen molar-refractivity contribution in [2.24, 2.45) is 4.99 Å². The molecule has 2 aromatic carbocycles. The predicted molar refractivity (Wildman–Crippen MR) is 113 cm³/mol. The average molecular weight is 455 g/mol. The molecule has 0 aliphatic rings. The Balaban J connectivity index is 0.00000312. The maximum absolute atomic E-state index is 5.37. The van der Waals surface area contributed by atoms with Gasteiger partial charge in [0.15, 0.2) is 5.96 Å². The Morgan fingerprint density at radius 1 is 0.880 bits per heavy atom. The van der Waals surface area contributed by atoms with Crippen LogP contribution in [-0.4, -0.2) is 27.2 Å². The van der Waals surface area contributed by atoms with Crippen LogP contribution in [0.15, 0.2) is 53.5 Å². The van der Waals surface area contributed by atoms with E-state index in [1.165, 1.54) is 11.1 Å². The van der Waals surface area contributed by atoms with Crippen LogP contribution in [0, 0.1) is 0 Å². The summed E-state index contributed by atoms with van der Waals surface area (Å²) in [5.41, 5.74) is 3.45. The van der Waals surface area contributed by atoms with Gasteiger partial charge in [0.05, 0.1) is 13.7 Å². The highest BCUT2D eigenvalue weighted by Crippen LogP contribution is 2.16. The van der Waals surface area contributed by atoms with Gasteiger partial charge in [0.25, 0.3) is 0 Å². The second-order valence-electron chi connectivity index (χ2n) is 5.29. The van der Waals surface area contributed by atoms with Crippen LogP contribution in [0.2, 0.25) is 0 Å². The van der Waals surface area contributed by atoms with Gasteiger partial charge < -0.3 is 20.1 Å². The first kappa shape index (κ1) is 21.2. The fourth-order valence-corrected chi connectivity index (χ4v) is 2.45. The molecule has 0 amide bonds. The van der Waals surface area contributed by atoms with Gasteiger partial charge in [-0.1, -0.05) is 42.5 Å². The molecule has 0 atom stereocenters. The third-order valence-corrected chi connectivity index (χ3v) is 3.73. The fraction of sp³-hybridized carbons (Fsp3) is 0.316. The highest BCUT2D eigenvalue weighted by Gasteiger charge is 2.05. The summed E-state index contributed by atoms with van der Waals surface area (Å²) >= 11 is 0. The van der Waals surface area contributed by atoms with Gasteiger partial charge in [-0.3, -0.25) is 4.99 Å². The lowest BCUT2D eigenvalue weighted by Crippen LogP contribution is -2.36. The van der Waals surface area contributed by atoms with Gasteiger partial charge in [-0.05, 0) is 17.2 Å². The molecule has 0 aliphatic carbocycles. The summed E-state index contributed by atoms with van der Waals surface area (Å²) in [5, 5.41) is 6.64. The summed E-state index contributed by atoms with van der Waals surface area (Å²) in [5.74, 6) is 1.61. The van der Waals surface area contributed by atoms with E-state index >= 15 is 0 Å². The smallest absolute Gasteiger partial charge is 0.191 e. The number of aliphatic imine (C=N–C) groups is 1. The summed E-state index contributed by atoms with van der Waals surface area (Å²) in [7, 11) is 5.15. The van der Waals surface area contributed by atoms with Crippen LogP contribution in [0.4, 0.5) is 0 Å². The van der Waals surface area contributed by atoms with E-state index in [0.29, 0.717) is 19.7 Å². The largest absolute Gasteiger partial charge is 0.496 e. The summed E-state index contributed by atoms with van der Waals surface area (Å²) in [6, 6.07) is 16.2. The lowest BCUT2D eigenvalue weighted by atomic mass is 10.1. The number of guanidine groups is 1. The normalized spacial score (nSPS) is 10.8. The van der Waals surface area contributed by atoms with Crippen molar-refractivity contribution in [3.8, 4) is 5.75 Å². The molecule has 5 nitrogen and oxygen atoms in total. The quantitative estimate of drug-likeness (QED) is 0.382. The minimum atomic E-state index is 0. The fourth-order valence-electron chi connectivity index (χ4n) is 2.45. The van der Waals surface area contributed by atoms with Gasteiger partial charge in [-0.15, -0.1) is 24.0 Å². The molecule has 0 unspecified atom stereocenters. The third kappa shape index (κ3) is 6.55. The molecule has 2 N–H and O–H groups in total. The summed E-state index contributed by atoms with van der Waals surface area (Å²) in [6.45, 7) is 1.93. The van der Waals surface area contributed by atoms with Crippen molar-refractivity contribution in [2.75, 3.05) is 21.3 Å². The molecule has 0 fully saturated rings. The Morgan fingerprint density at radius 3 is 2.04 bits per heavy atom. The maximum Gasteiger partial charge on any atom is 0.191 e. The van der Waals surface area contributed by atoms with Gasteiger partial charge in [0, 0.05) is 32.8 Å². The molecule has 0 aliphatic heterocycles. The molecule has 0 heterocycles. The number of methoxy groups -OCH3 is 2. The van der Waals surface area contributed by atoms with Crippen molar-refractivity contribution < 1.29 is 9.47 Å². The summed E-state index contributed by atoms with van der Waals surface area (Å²) in [4.78, 5) is 4.27. The molecule has 0 spiro atoms. The number of halogens is 1. The van der Waals surface area contributed by atoms with E-state index in [9.17, 15) is 0 Å². The maximum atomic E-state index is 5.37. The zero-order valence-electron chi connectivity index (χ0n) is 14.9. The van der Waals surface area contributed by atoms with Crippen molar-refractivity contribution in [3.05, 3.63) is 65.2 Å². The number of rotatable bonds is 7. The number of hydrogen-bond donors (Lipinski definition) is 2. The standard InChI is InChI=1S/C19H25N3O2.HI/c1-20-19(22-13-16-9-6-7-11-18(16)24-3)21-12-15-8-4-5-10-17(15)14-23-2;/h4-11H,12-14H2,1-3H3,(H2,20,21,22);1H. The van der Waals surface area contributed by atoms with Crippen LogP contribution >= 0.6 is 24.0 Å². The van der Waals surface area contributed by atoms with E-state index < -0.39 is 0 Å². The Hall–Kier alpha value is -1.80. The van der Waals surface area contributed by atoms with Crippen molar-refractivity contribution in [1.82, 2.24) is 10.6 Å². The van der Waals surface area contributed by atoms with E-state index in [1.807, 2.05) is 36.4 Å². The van der Waals surface area contributed by atoms with E-state index in [1.54, 1.807) is 21.3 Å². The van der Waals surface area contributed by atoms with Crippen LogP contribution in [-0.2, 0) is 24.4 Å². The first-order chi connectivity index (χ1) is 11.8. The van der Waals surface area contributed by atoms with Crippen LogP contribution in [0.25, 0.3) is 0 Å². The summed E-state index contributed by atoms with van der Waals surface area (Å²) < 4.78 is 10.6. The number of benzene rings is 2. The zero-order valence-corrected chi connectivity index (χ0v) is 17.2. The molecule has 0 bridgehead atoms. The van der Waals surface area contributed by atoms with Crippen LogP contribution in [0.3, 0.4) is 0 Å². The Morgan fingerprint density at radius 2 is 1.44 bits per heavy atom. The number of hydrogen-bond acceptors (Lipinski definition) is 3. The highest BCUT2D eigenvalue weighted by atomic mass is 127. The third-order valence-electron chi connectivity index (χ3n) is 3.73. The summed E-state index contributed by atoms with van der Waals surface area (Å²) in [6.07, 6.45) is 0. The van der Waals surface area contributed by atoms with E-state index in [2.05, 4.69) is 27.8 Å². The second kappa shape index (κ2) is 11.7. The number of nitrogens with one attached hydrogen (secondary N) is 2. The average Bonchev–Trinajstić information content (AvgIpc) is 2.63. The van der Waals surface area contributed by atoms with Crippen molar-refractivity contribution in [1.29, 1.82) is 0 Å². The molecule has 25 heavy (non-hydrogen) atoms. The van der Waals surface area contributed by atoms with Gasteiger partial charge >= 0.3 is 0 Å². The van der Waals surface area contributed by atoms with E-state index in [-0.39, 0.29) is 24.0 Å². The molecule has 136 valence electrons. The monoisotopic (exact) mass is 455 g/mol. The topological polar surface area (TPSA) is 54.9 Å². The molecule has 0 aromatic heterocycles. The minimum Gasteiger partial charge on any atom is -0.496 e. The van der Waals surface area contributed by atoms with Crippen LogP contribution in [0.1, 0.15) is 16.7 Å². The van der Waals surface area contributed by atoms with Crippen LogP contribution < -0.4 is 15.4 Å². The second-order valence-corrected chi connectivity index (χ2v) is 5.29. The Bertz CT molecular complexity index is 677. The molecular formula is C19H26IN3O2. The van der Waals surface area contributed by atoms with E-state index in [4.69, 9.17) is 9.47 Å². The molecule has 0 saturated heterocycles. The molecule has 0 saturated carbocycles. The molecule has 0 radical (unpaired) electrons. The molecule has 2 aromatic rings.